The monoisotopic (exact) mass is 408 g/mol. The molecule has 7 heteroatoms. The summed E-state index contributed by atoms with van der Waals surface area (Å²) in [4.78, 5) is 37.0. The first-order valence-corrected chi connectivity index (χ1v) is 9.85. The molecule has 3 aromatic rings. The van der Waals surface area contributed by atoms with Crippen LogP contribution in [0.5, 0.6) is 5.75 Å². The van der Waals surface area contributed by atoms with E-state index in [1.54, 1.807) is 61.7 Å². The number of hydrogen-bond donors (Lipinski definition) is 2. The molecule has 0 aliphatic rings. The van der Waals surface area contributed by atoms with Gasteiger partial charge in [0.1, 0.15) is 5.75 Å². The van der Waals surface area contributed by atoms with Crippen LogP contribution in [0, 0.1) is 0 Å². The third-order valence-corrected chi connectivity index (χ3v) is 5.06. The fraction of sp³-hybridized carbons (Fsp3) is 0.136. The van der Waals surface area contributed by atoms with Gasteiger partial charge >= 0.3 is 0 Å². The second-order valence-electron chi connectivity index (χ2n) is 6.21. The summed E-state index contributed by atoms with van der Waals surface area (Å²) < 4.78 is 5.09. The van der Waals surface area contributed by atoms with Crippen LogP contribution in [-0.2, 0) is 4.79 Å². The third-order valence-electron chi connectivity index (χ3n) is 4.15. The molecule has 148 valence electrons. The van der Waals surface area contributed by atoms with Crippen LogP contribution in [-0.4, -0.2) is 24.7 Å². The molecule has 0 aliphatic carbocycles. The van der Waals surface area contributed by atoms with E-state index in [-0.39, 0.29) is 30.4 Å². The molecule has 0 unspecified atom stereocenters. The molecule has 2 N–H and O–H groups in total. The van der Waals surface area contributed by atoms with Gasteiger partial charge in [-0.15, -0.1) is 11.3 Å². The fourth-order valence-electron chi connectivity index (χ4n) is 2.59. The molecule has 1 aromatic heterocycles. The zero-order chi connectivity index (χ0) is 20.6. The number of nitrogens with one attached hydrogen (secondary N) is 2. The summed E-state index contributed by atoms with van der Waals surface area (Å²) in [7, 11) is 1.58. The van der Waals surface area contributed by atoms with E-state index in [9.17, 15) is 14.4 Å². The number of ketones is 1. The second kappa shape index (κ2) is 9.66. The molecule has 0 aliphatic heterocycles. The van der Waals surface area contributed by atoms with Crippen molar-refractivity contribution >= 4 is 40.3 Å². The van der Waals surface area contributed by atoms with Crippen molar-refractivity contribution in [3.8, 4) is 5.75 Å². The zero-order valence-corrected chi connectivity index (χ0v) is 16.6. The van der Waals surface area contributed by atoms with Crippen molar-refractivity contribution < 1.29 is 19.1 Å². The average Bonchev–Trinajstić information content (AvgIpc) is 3.28. The van der Waals surface area contributed by atoms with Crippen LogP contribution in [0.3, 0.4) is 0 Å². The summed E-state index contributed by atoms with van der Waals surface area (Å²) in [6.07, 6.45) is 0.269. The van der Waals surface area contributed by atoms with Crippen molar-refractivity contribution in [1.82, 2.24) is 0 Å². The first-order valence-electron chi connectivity index (χ1n) is 8.97. The summed E-state index contributed by atoms with van der Waals surface area (Å²) in [6, 6.07) is 17.2. The van der Waals surface area contributed by atoms with Gasteiger partial charge in [0.25, 0.3) is 5.91 Å². The van der Waals surface area contributed by atoms with Crippen LogP contribution in [0.15, 0.2) is 66.0 Å². The number of amides is 2. The van der Waals surface area contributed by atoms with Crippen LogP contribution in [0.25, 0.3) is 0 Å². The Balaban J connectivity index is 1.50. The molecule has 2 aromatic carbocycles. The maximum atomic E-state index is 12.3. The molecular formula is C22H20N2O4S. The second-order valence-corrected chi connectivity index (χ2v) is 7.16. The number of ether oxygens (including phenoxy) is 1. The van der Waals surface area contributed by atoms with Gasteiger partial charge in [-0.1, -0.05) is 6.07 Å². The molecule has 3 rings (SSSR count). The van der Waals surface area contributed by atoms with Gasteiger partial charge in [-0.25, -0.2) is 0 Å². The maximum absolute atomic E-state index is 12.3. The number of carbonyl (C=O) groups is 3. The highest BCUT2D eigenvalue weighted by molar-refractivity contribution is 7.12. The third kappa shape index (κ3) is 5.76. The number of thiophene rings is 1. The van der Waals surface area contributed by atoms with E-state index in [2.05, 4.69) is 10.6 Å². The van der Waals surface area contributed by atoms with Gasteiger partial charge in [-0.2, -0.15) is 0 Å². The predicted octanol–water partition coefficient (Wildman–Crippen LogP) is 4.61. The van der Waals surface area contributed by atoms with Crippen molar-refractivity contribution in [1.29, 1.82) is 0 Å². The van der Waals surface area contributed by atoms with Gasteiger partial charge in [0, 0.05) is 29.8 Å². The van der Waals surface area contributed by atoms with Crippen molar-refractivity contribution in [3.63, 3.8) is 0 Å². The quantitative estimate of drug-likeness (QED) is 0.533. The van der Waals surface area contributed by atoms with E-state index >= 15 is 0 Å². The normalized spacial score (nSPS) is 10.2. The Morgan fingerprint density at radius 2 is 1.52 bits per heavy atom. The molecule has 0 spiro atoms. The van der Waals surface area contributed by atoms with E-state index in [0.29, 0.717) is 27.6 Å². The molecule has 0 atom stereocenters. The summed E-state index contributed by atoms with van der Waals surface area (Å²) in [5.74, 6) is 0.167. The number of methoxy groups -OCH3 is 1. The minimum atomic E-state index is -0.255. The van der Waals surface area contributed by atoms with Gasteiger partial charge in [-0.3, -0.25) is 14.4 Å². The Bertz CT molecular complexity index is 981. The number of hydrogen-bond acceptors (Lipinski definition) is 5. The largest absolute Gasteiger partial charge is 0.497 e. The molecule has 0 bridgehead atoms. The number of rotatable bonds is 8. The highest BCUT2D eigenvalue weighted by Crippen LogP contribution is 2.17. The van der Waals surface area contributed by atoms with Gasteiger partial charge in [0.05, 0.1) is 12.0 Å². The van der Waals surface area contributed by atoms with Crippen molar-refractivity contribution in [3.05, 3.63) is 76.5 Å². The minimum absolute atomic E-state index is 0.0410. The average molecular weight is 408 g/mol. The Morgan fingerprint density at radius 3 is 2.14 bits per heavy atom. The first-order chi connectivity index (χ1) is 14.0. The fourth-order valence-corrected chi connectivity index (χ4v) is 3.29. The first kappa shape index (κ1) is 20.3. The molecule has 0 radical (unpaired) electrons. The lowest BCUT2D eigenvalue weighted by Gasteiger charge is -2.08. The van der Waals surface area contributed by atoms with Crippen molar-refractivity contribution in [2.75, 3.05) is 17.7 Å². The van der Waals surface area contributed by atoms with E-state index in [1.807, 2.05) is 11.4 Å². The van der Waals surface area contributed by atoms with Crippen LogP contribution in [0.2, 0.25) is 0 Å². The lowest BCUT2D eigenvalue weighted by atomic mass is 10.1. The van der Waals surface area contributed by atoms with E-state index in [4.69, 9.17) is 4.74 Å². The van der Waals surface area contributed by atoms with Crippen molar-refractivity contribution in [2.45, 2.75) is 12.8 Å². The summed E-state index contributed by atoms with van der Waals surface area (Å²) in [6.45, 7) is 0. The molecule has 1 heterocycles. The summed E-state index contributed by atoms with van der Waals surface area (Å²) in [5.41, 5.74) is 1.69. The maximum Gasteiger partial charge on any atom is 0.255 e. The minimum Gasteiger partial charge on any atom is -0.497 e. The highest BCUT2D eigenvalue weighted by atomic mass is 32.1. The lowest BCUT2D eigenvalue weighted by molar-refractivity contribution is -0.116. The van der Waals surface area contributed by atoms with E-state index in [0.717, 1.165) is 0 Å². The number of carbonyl (C=O) groups excluding carboxylic acids is 3. The van der Waals surface area contributed by atoms with Gasteiger partial charge in [0.15, 0.2) is 5.78 Å². The Morgan fingerprint density at radius 1 is 0.862 bits per heavy atom. The summed E-state index contributed by atoms with van der Waals surface area (Å²) in [5, 5.41) is 7.37. The van der Waals surface area contributed by atoms with Crippen LogP contribution >= 0.6 is 11.3 Å². The predicted molar refractivity (Wildman–Crippen MR) is 114 cm³/mol. The number of Topliss-reactive ketones (excluding diaryl/α,β-unsaturated/α-hetero) is 1. The Kier molecular flexibility index (Phi) is 6.76. The van der Waals surface area contributed by atoms with Crippen LogP contribution < -0.4 is 15.4 Å². The van der Waals surface area contributed by atoms with Gasteiger partial charge in [-0.05, 0) is 60.0 Å². The molecule has 29 heavy (non-hydrogen) atoms. The molecule has 0 fully saturated rings. The Labute approximate surface area is 172 Å². The molecule has 0 saturated carbocycles. The van der Waals surface area contributed by atoms with Gasteiger partial charge < -0.3 is 15.4 Å². The molecule has 2 amide bonds. The zero-order valence-electron chi connectivity index (χ0n) is 15.8. The molecule has 6 nitrogen and oxygen atoms in total. The van der Waals surface area contributed by atoms with Crippen molar-refractivity contribution in [2.24, 2.45) is 0 Å². The topological polar surface area (TPSA) is 84.5 Å². The van der Waals surface area contributed by atoms with E-state index in [1.165, 1.54) is 11.3 Å². The Hall–Kier alpha value is -3.45. The smallest absolute Gasteiger partial charge is 0.255 e. The number of benzene rings is 2. The number of anilines is 2. The summed E-state index contributed by atoms with van der Waals surface area (Å²) >= 11 is 1.37. The SMILES string of the molecule is COc1ccc(NC(=O)c2ccc(NC(=O)CCC(=O)c3cccs3)cc2)cc1. The van der Waals surface area contributed by atoms with E-state index < -0.39 is 0 Å². The standard InChI is InChI=1S/C22H20N2O4S/c1-28-18-10-8-17(9-11-18)24-22(27)15-4-6-16(7-5-15)23-21(26)13-12-19(25)20-3-2-14-29-20/h2-11,14H,12-13H2,1H3,(H,23,26)(H,24,27). The molecule has 0 saturated heterocycles. The van der Waals surface area contributed by atoms with Crippen LogP contribution in [0.4, 0.5) is 11.4 Å². The molecular weight excluding hydrogens is 388 g/mol. The van der Waals surface area contributed by atoms with Gasteiger partial charge in [0.2, 0.25) is 5.91 Å². The lowest BCUT2D eigenvalue weighted by Crippen LogP contribution is -2.14. The highest BCUT2D eigenvalue weighted by Gasteiger charge is 2.11. The van der Waals surface area contributed by atoms with Crippen LogP contribution in [0.1, 0.15) is 32.9 Å².